The number of benzene rings is 2. The van der Waals surface area contributed by atoms with E-state index in [0.29, 0.717) is 38.6 Å². The van der Waals surface area contributed by atoms with E-state index in [1.54, 1.807) is 36.4 Å². The molecule has 1 fully saturated rings. The third-order valence-corrected chi connectivity index (χ3v) is 8.62. The van der Waals surface area contributed by atoms with Crippen LogP contribution in [0.4, 0.5) is 5.13 Å². The maximum Gasteiger partial charge on any atom is 0.301 e. The van der Waals surface area contributed by atoms with Crippen LogP contribution in [0.1, 0.15) is 42.5 Å². The fourth-order valence-electron chi connectivity index (χ4n) is 4.18. The van der Waals surface area contributed by atoms with Crippen molar-refractivity contribution in [3.8, 4) is 5.75 Å². The summed E-state index contributed by atoms with van der Waals surface area (Å²) in [7, 11) is 0. The van der Waals surface area contributed by atoms with Gasteiger partial charge in [-0.1, -0.05) is 72.3 Å². The number of amides is 1. The van der Waals surface area contributed by atoms with E-state index < -0.39 is 17.7 Å². The van der Waals surface area contributed by atoms with Crippen LogP contribution in [0.25, 0.3) is 5.76 Å². The molecule has 1 unspecified atom stereocenters. The van der Waals surface area contributed by atoms with Crippen LogP contribution in [0, 0.1) is 0 Å². The number of aromatic nitrogens is 3. The Morgan fingerprint density at radius 1 is 1.05 bits per heavy atom. The molecule has 204 valence electrons. The number of hydrogen-bond acceptors (Lipinski definition) is 9. The van der Waals surface area contributed by atoms with E-state index >= 15 is 0 Å². The normalized spacial score (nSPS) is 16.4. The van der Waals surface area contributed by atoms with Gasteiger partial charge in [0.25, 0.3) is 5.78 Å². The molecule has 3 heterocycles. The third-order valence-electron chi connectivity index (χ3n) is 6.24. The topological polar surface area (TPSA) is 106 Å². The maximum atomic E-state index is 13.4. The summed E-state index contributed by atoms with van der Waals surface area (Å²) in [6, 6.07) is 17.0. The zero-order valence-electron chi connectivity index (χ0n) is 21.5. The molecular formula is C29H25ClN4O4S2. The molecule has 0 radical (unpaired) electrons. The number of hydrogen-bond donors (Lipinski definition) is 1. The van der Waals surface area contributed by atoms with Gasteiger partial charge in [-0.2, -0.15) is 0 Å². The van der Waals surface area contributed by atoms with Gasteiger partial charge in [-0.25, -0.2) is 0 Å². The molecule has 1 atom stereocenters. The van der Waals surface area contributed by atoms with Crippen LogP contribution in [0.5, 0.6) is 5.75 Å². The molecule has 0 aliphatic carbocycles. The maximum absolute atomic E-state index is 13.4. The number of ketones is 1. The number of ether oxygens (including phenoxy) is 1. The predicted octanol–water partition coefficient (Wildman–Crippen LogP) is 6.68. The molecule has 1 aliphatic rings. The summed E-state index contributed by atoms with van der Waals surface area (Å²) in [4.78, 5) is 32.1. The number of unbranched alkanes of at least 4 members (excludes halogenated alkanes) is 1. The Hall–Kier alpha value is -3.73. The Morgan fingerprint density at radius 3 is 2.48 bits per heavy atom. The molecule has 1 amide bonds. The third kappa shape index (κ3) is 6.04. The van der Waals surface area contributed by atoms with Crippen molar-refractivity contribution in [2.24, 2.45) is 0 Å². The zero-order valence-corrected chi connectivity index (χ0v) is 23.9. The van der Waals surface area contributed by atoms with Gasteiger partial charge in [0.15, 0.2) is 4.34 Å². The van der Waals surface area contributed by atoms with E-state index in [0.717, 1.165) is 18.4 Å². The van der Waals surface area contributed by atoms with Gasteiger partial charge >= 0.3 is 5.91 Å². The van der Waals surface area contributed by atoms with Gasteiger partial charge in [-0.05, 0) is 53.9 Å². The standard InChI is InChI=1S/C29H25ClN4O4S2/c1-2-3-16-38-22-10-6-19(7-11-22)24-23(25(35)20-12-14-31-15-13-20)26(36)27(37)34(24)28-32-33-29(40-28)39-17-18-4-8-21(30)9-5-18/h4-15,24,35H,2-3,16-17H2,1H3. The summed E-state index contributed by atoms with van der Waals surface area (Å²) in [5, 5.41) is 20.7. The Balaban J connectivity index is 1.49. The first-order chi connectivity index (χ1) is 19.5. The highest BCUT2D eigenvalue weighted by Gasteiger charge is 2.48. The minimum absolute atomic E-state index is 0.0265. The van der Waals surface area contributed by atoms with Crippen molar-refractivity contribution < 1.29 is 19.4 Å². The molecule has 0 saturated carbocycles. The van der Waals surface area contributed by atoms with Crippen LogP contribution in [0.2, 0.25) is 5.02 Å². The highest BCUT2D eigenvalue weighted by molar-refractivity contribution is 8.00. The molecule has 4 aromatic rings. The number of rotatable bonds is 10. The van der Waals surface area contributed by atoms with Crippen molar-refractivity contribution in [2.75, 3.05) is 11.5 Å². The van der Waals surface area contributed by atoms with Crippen LogP contribution in [0.3, 0.4) is 0 Å². The second-order valence-corrected chi connectivity index (χ2v) is 11.6. The van der Waals surface area contributed by atoms with Crippen LogP contribution >= 0.6 is 34.7 Å². The van der Waals surface area contributed by atoms with E-state index in [-0.39, 0.29) is 16.5 Å². The summed E-state index contributed by atoms with van der Waals surface area (Å²) in [6.45, 7) is 2.69. The number of pyridine rings is 1. The van der Waals surface area contributed by atoms with Crippen molar-refractivity contribution >= 4 is 57.3 Å². The first-order valence-electron chi connectivity index (χ1n) is 12.6. The first kappa shape index (κ1) is 27.8. The molecule has 11 heteroatoms. The van der Waals surface area contributed by atoms with E-state index in [4.69, 9.17) is 16.3 Å². The second kappa shape index (κ2) is 12.6. The number of carbonyl (C=O) groups is 2. The van der Waals surface area contributed by atoms with E-state index in [1.165, 1.54) is 40.4 Å². The number of aliphatic hydroxyl groups excluding tert-OH is 1. The number of thioether (sulfide) groups is 1. The molecule has 2 aromatic heterocycles. The monoisotopic (exact) mass is 592 g/mol. The van der Waals surface area contributed by atoms with E-state index in [2.05, 4.69) is 22.1 Å². The van der Waals surface area contributed by atoms with Gasteiger partial charge in [-0.3, -0.25) is 19.5 Å². The number of carbonyl (C=O) groups excluding carboxylic acids is 2. The highest BCUT2D eigenvalue weighted by atomic mass is 35.5. The average Bonchev–Trinajstić information content (AvgIpc) is 3.55. The molecular weight excluding hydrogens is 568 g/mol. The number of halogens is 1. The average molecular weight is 593 g/mol. The largest absolute Gasteiger partial charge is 0.507 e. The van der Waals surface area contributed by atoms with Gasteiger partial charge < -0.3 is 9.84 Å². The van der Waals surface area contributed by atoms with E-state index in [1.807, 2.05) is 24.3 Å². The van der Waals surface area contributed by atoms with Gasteiger partial charge in [0.1, 0.15) is 11.5 Å². The molecule has 0 bridgehead atoms. The van der Waals surface area contributed by atoms with Crippen molar-refractivity contribution in [1.82, 2.24) is 15.2 Å². The van der Waals surface area contributed by atoms with Crippen LogP contribution in [-0.4, -0.2) is 38.6 Å². The molecule has 5 rings (SSSR count). The molecule has 1 saturated heterocycles. The lowest BCUT2D eigenvalue weighted by Gasteiger charge is -2.22. The molecule has 1 aliphatic heterocycles. The predicted molar refractivity (Wildman–Crippen MR) is 157 cm³/mol. The van der Waals surface area contributed by atoms with Crippen molar-refractivity contribution in [3.05, 3.63) is 100 Å². The smallest absolute Gasteiger partial charge is 0.301 e. The lowest BCUT2D eigenvalue weighted by molar-refractivity contribution is -0.132. The Bertz CT molecular complexity index is 1530. The Morgan fingerprint density at radius 2 is 1.77 bits per heavy atom. The summed E-state index contributed by atoms with van der Waals surface area (Å²) < 4.78 is 6.43. The molecule has 1 N–H and O–H groups in total. The number of Topliss-reactive ketones (excluding diaryl/α,β-unsaturated/α-hetero) is 1. The highest BCUT2D eigenvalue weighted by Crippen LogP contribution is 2.44. The Kier molecular flexibility index (Phi) is 8.78. The minimum atomic E-state index is -0.903. The van der Waals surface area contributed by atoms with Crippen molar-refractivity contribution in [3.63, 3.8) is 0 Å². The van der Waals surface area contributed by atoms with Gasteiger partial charge in [-0.15, -0.1) is 10.2 Å². The fourth-order valence-corrected chi connectivity index (χ4v) is 6.12. The number of nitrogens with zero attached hydrogens (tertiary/aromatic N) is 4. The second-order valence-electron chi connectivity index (χ2n) is 8.94. The lowest BCUT2D eigenvalue weighted by atomic mass is 9.95. The Labute approximate surface area is 244 Å². The van der Waals surface area contributed by atoms with Crippen LogP contribution in [-0.2, 0) is 15.3 Å². The van der Waals surface area contributed by atoms with Gasteiger partial charge in [0.05, 0.1) is 18.2 Å². The van der Waals surface area contributed by atoms with Crippen molar-refractivity contribution in [1.29, 1.82) is 0 Å². The number of aliphatic hydroxyl groups is 1. The molecule has 2 aromatic carbocycles. The molecule has 40 heavy (non-hydrogen) atoms. The molecule has 8 nitrogen and oxygen atoms in total. The van der Waals surface area contributed by atoms with Crippen molar-refractivity contribution in [2.45, 2.75) is 35.9 Å². The summed E-state index contributed by atoms with van der Waals surface area (Å²) in [6.07, 6.45) is 4.97. The summed E-state index contributed by atoms with van der Waals surface area (Å²) in [5.74, 6) is -0.545. The quantitative estimate of drug-likeness (QED) is 0.0542. The van der Waals surface area contributed by atoms with E-state index in [9.17, 15) is 14.7 Å². The minimum Gasteiger partial charge on any atom is -0.507 e. The van der Waals surface area contributed by atoms with Gasteiger partial charge in [0.2, 0.25) is 5.13 Å². The van der Waals surface area contributed by atoms with Crippen LogP contribution < -0.4 is 9.64 Å². The lowest BCUT2D eigenvalue weighted by Crippen LogP contribution is -2.29. The molecule has 0 spiro atoms. The first-order valence-corrected chi connectivity index (χ1v) is 14.8. The van der Waals surface area contributed by atoms with Gasteiger partial charge in [0, 0.05) is 28.7 Å². The zero-order chi connectivity index (χ0) is 28.1. The SMILES string of the molecule is CCCCOc1ccc(C2C(=C(O)c3ccncc3)C(=O)C(=O)N2c2nnc(SCc3ccc(Cl)cc3)s2)cc1. The summed E-state index contributed by atoms with van der Waals surface area (Å²) >= 11 is 8.66. The van der Waals surface area contributed by atoms with Crippen LogP contribution in [0.15, 0.2) is 83.0 Å². The summed E-state index contributed by atoms with van der Waals surface area (Å²) in [5.41, 5.74) is 2.05. The number of anilines is 1. The fraction of sp³-hybridized carbons (Fsp3) is 0.207.